The first-order chi connectivity index (χ1) is 13.6. The average Bonchev–Trinajstić information content (AvgIpc) is 2.92. The molecule has 0 aliphatic carbocycles. The zero-order chi connectivity index (χ0) is 19.5. The minimum Gasteiger partial charge on any atom is -0.382 e. The normalized spacial score (nSPS) is 13.3. The number of fused-ring (bicyclic) bond motifs is 1. The lowest BCUT2D eigenvalue weighted by Gasteiger charge is -2.22. The molecule has 4 heterocycles. The first-order valence-electron chi connectivity index (χ1n) is 8.98. The van der Waals surface area contributed by atoms with E-state index in [2.05, 4.69) is 20.6 Å². The number of hydrogen-bond donors (Lipinski definition) is 2. The van der Waals surface area contributed by atoms with Crippen molar-refractivity contribution in [2.75, 3.05) is 28.6 Å². The van der Waals surface area contributed by atoms with E-state index in [9.17, 15) is 9.18 Å². The lowest BCUT2D eigenvalue weighted by molar-refractivity contribution is 0.256. The molecule has 0 saturated heterocycles. The van der Waals surface area contributed by atoms with Crippen LogP contribution >= 0.6 is 0 Å². The molecule has 0 radical (unpaired) electrons. The van der Waals surface area contributed by atoms with E-state index in [1.165, 1.54) is 12.1 Å². The van der Waals surface area contributed by atoms with Crippen LogP contribution in [-0.2, 0) is 0 Å². The minimum atomic E-state index is -0.458. The van der Waals surface area contributed by atoms with Crippen molar-refractivity contribution in [2.24, 2.45) is 0 Å². The molecule has 2 amide bonds. The van der Waals surface area contributed by atoms with Crippen LogP contribution in [0, 0.1) is 12.7 Å². The zero-order valence-electron chi connectivity index (χ0n) is 15.3. The van der Waals surface area contributed by atoms with Gasteiger partial charge in [0, 0.05) is 30.5 Å². The molecule has 142 valence electrons. The van der Waals surface area contributed by atoms with Crippen molar-refractivity contribution in [1.82, 2.24) is 15.0 Å². The number of carbonyl (C=O) groups is 1. The van der Waals surface area contributed by atoms with Gasteiger partial charge in [-0.1, -0.05) is 0 Å². The van der Waals surface area contributed by atoms with Crippen LogP contribution < -0.4 is 15.5 Å². The summed E-state index contributed by atoms with van der Waals surface area (Å²) in [5.41, 5.74) is 3.31. The standard InChI is InChI=1S/C20H19FN6O/c1-13-3-4-14(11-23-13)16-6-7-17-19(25-16)27(10-2-9-22-17)20(28)26-18-8-5-15(21)12-24-18/h3-8,11-12,22H,2,9-10H2,1H3,(H,24,26,28). The lowest BCUT2D eigenvalue weighted by atomic mass is 10.1. The van der Waals surface area contributed by atoms with Crippen LogP contribution in [0.4, 0.5) is 26.5 Å². The van der Waals surface area contributed by atoms with E-state index in [1.807, 2.05) is 31.2 Å². The highest BCUT2D eigenvalue weighted by atomic mass is 19.1. The van der Waals surface area contributed by atoms with Crippen molar-refractivity contribution in [2.45, 2.75) is 13.3 Å². The number of halogens is 1. The molecule has 8 heteroatoms. The van der Waals surface area contributed by atoms with Crippen molar-refractivity contribution in [1.29, 1.82) is 0 Å². The highest BCUT2D eigenvalue weighted by Gasteiger charge is 2.23. The molecule has 0 unspecified atom stereocenters. The monoisotopic (exact) mass is 378 g/mol. The maximum Gasteiger partial charge on any atom is 0.328 e. The van der Waals surface area contributed by atoms with Gasteiger partial charge in [0.05, 0.1) is 17.6 Å². The highest BCUT2D eigenvalue weighted by Crippen LogP contribution is 2.30. The van der Waals surface area contributed by atoms with Crippen molar-refractivity contribution >= 4 is 23.4 Å². The first kappa shape index (κ1) is 17.8. The molecule has 1 aliphatic heterocycles. The fraction of sp³-hybridized carbons (Fsp3) is 0.200. The lowest BCUT2D eigenvalue weighted by Crippen LogP contribution is -2.36. The summed E-state index contributed by atoms with van der Waals surface area (Å²) in [6, 6.07) is 10.0. The Labute approximate surface area is 161 Å². The van der Waals surface area contributed by atoms with E-state index in [4.69, 9.17) is 4.98 Å². The SMILES string of the molecule is Cc1ccc(-c2ccc3c(n2)N(C(=O)Nc2ccc(F)cn2)CCCN3)cn1. The molecule has 3 aromatic heterocycles. The second-order valence-electron chi connectivity index (χ2n) is 6.48. The second kappa shape index (κ2) is 7.59. The number of anilines is 3. The van der Waals surface area contributed by atoms with Gasteiger partial charge in [0.2, 0.25) is 0 Å². The van der Waals surface area contributed by atoms with Gasteiger partial charge in [-0.25, -0.2) is 19.2 Å². The van der Waals surface area contributed by atoms with E-state index in [-0.39, 0.29) is 11.8 Å². The number of amides is 2. The van der Waals surface area contributed by atoms with Crippen LogP contribution in [0.25, 0.3) is 11.3 Å². The Morgan fingerprint density at radius 1 is 1.14 bits per heavy atom. The summed E-state index contributed by atoms with van der Waals surface area (Å²) in [5, 5.41) is 6.01. The van der Waals surface area contributed by atoms with Gasteiger partial charge in [-0.05, 0) is 49.7 Å². The van der Waals surface area contributed by atoms with Gasteiger partial charge in [-0.15, -0.1) is 0 Å². The number of nitrogens with one attached hydrogen (secondary N) is 2. The maximum absolute atomic E-state index is 13.1. The molecule has 2 N–H and O–H groups in total. The number of carbonyl (C=O) groups excluding carboxylic acids is 1. The quantitative estimate of drug-likeness (QED) is 0.708. The maximum atomic E-state index is 13.1. The van der Waals surface area contributed by atoms with Gasteiger partial charge in [-0.3, -0.25) is 15.2 Å². The molecule has 0 saturated carbocycles. The highest BCUT2D eigenvalue weighted by molar-refractivity contribution is 6.02. The number of urea groups is 1. The predicted molar refractivity (Wildman–Crippen MR) is 106 cm³/mol. The van der Waals surface area contributed by atoms with Crippen molar-refractivity contribution < 1.29 is 9.18 Å². The predicted octanol–water partition coefficient (Wildman–Crippen LogP) is 3.84. The zero-order valence-corrected chi connectivity index (χ0v) is 15.3. The largest absolute Gasteiger partial charge is 0.382 e. The Balaban J connectivity index is 1.66. The van der Waals surface area contributed by atoms with Crippen LogP contribution in [0.5, 0.6) is 0 Å². The number of aryl methyl sites for hydroxylation is 1. The number of nitrogens with zero attached hydrogens (tertiary/aromatic N) is 4. The average molecular weight is 378 g/mol. The third kappa shape index (κ3) is 3.75. The second-order valence-corrected chi connectivity index (χ2v) is 6.48. The fourth-order valence-corrected chi connectivity index (χ4v) is 2.96. The summed E-state index contributed by atoms with van der Waals surface area (Å²) in [5.74, 6) is 0.361. The molecular weight excluding hydrogens is 359 g/mol. The van der Waals surface area contributed by atoms with E-state index < -0.39 is 5.82 Å². The number of hydrogen-bond acceptors (Lipinski definition) is 5. The van der Waals surface area contributed by atoms with Crippen LogP contribution in [0.1, 0.15) is 12.1 Å². The van der Waals surface area contributed by atoms with Crippen molar-refractivity contribution in [3.63, 3.8) is 0 Å². The summed E-state index contributed by atoms with van der Waals surface area (Å²) < 4.78 is 13.1. The topological polar surface area (TPSA) is 83.0 Å². The Kier molecular flexibility index (Phi) is 4.84. The van der Waals surface area contributed by atoms with Crippen LogP contribution in [0.3, 0.4) is 0 Å². The van der Waals surface area contributed by atoms with E-state index in [1.54, 1.807) is 11.1 Å². The van der Waals surface area contributed by atoms with Gasteiger partial charge >= 0.3 is 6.03 Å². The molecule has 0 spiro atoms. The third-order valence-corrected chi connectivity index (χ3v) is 4.42. The van der Waals surface area contributed by atoms with E-state index in [0.717, 1.165) is 41.8 Å². The summed E-state index contributed by atoms with van der Waals surface area (Å²) in [4.78, 5) is 27.4. The molecule has 7 nitrogen and oxygen atoms in total. The Hall–Kier alpha value is -3.55. The fourth-order valence-electron chi connectivity index (χ4n) is 2.96. The summed E-state index contributed by atoms with van der Waals surface area (Å²) in [6.07, 6.45) is 3.59. The van der Waals surface area contributed by atoms with Crippen LogP contribution in [-0.4, -0.2) is 34.1 Å². The van der Waals surface area contributed by atoms with Crippen molar-refractivity contribution in [3.8, 4) is 11.3 Å². The minimum absolute atomic E-state index is 0.282. The van der Waals surface area contributed by atoms with Gasteiger partial charge in [0.15, 0.2) is 5.82 Å². The molecule has 4 rings (SSSR count). The summed E-state index contributed by atoms with van der Waals surface area (Å²) in [7, 11) is 0. The molecule has 3 aromatic rings. The number of pyridine rings is 3. The van der Waals surface area contributed by atoms with Gasteiger partial charge in [-0.2, -0.15) is 0 Å². The van der Waals surface area contributed by atoms with Gasteiger partial charge < -0.3 is 5.32 Å². The number of rotatable bonds is 2. The Bertz CT molecular complexity index is 991. The van der Waals surface area contributed by atoms with Crippen molar-refractivity contribution in [3.05, 3.63) is 60.3 Å². The smallest absolute Gasteiger partial charge is 0.328 e. The molecule has 0 aromatic carbocycles. The summed E-state index contributed by atoms with van der Waals surface area (Å²) >= 11 is 0. The molecule has 0 atom stereocenters. The van der Waals surface area contributed by atoms with Crippen LogP contribution in [0.2, 0.25) is 0 Å². The molecule has 1 aliphatic rings. The van der Waals surface area contributed by atoms with Gasteiger partial charge in [0.1, 0.15) is 11.6 Å². The molecular formula is C20H19FN6O. The van der Waals surface area contributed by atoms with Crippen LogP contribution in [0.15, 0.2) is 48.8 Å². The Morgan fingerprint density at radius 2 is 2.04 bits per heavy atom. The van der Waals surface area contributed by atoms with E-state index >= 15 is 0 Å². The summed E-state index contributed by atoms with van der Waals surface area (Å²) in [6.45, 7) is 3.15. The molecule has 28 heavy (non-hydrogen) atoms. The Morgan fingerprint density at radius 3 is 2.79 bits per heavy atom. The third-order valence-electron chi connectivity index (χ3n) is 4.42. The molecule has 0 fully saturated rings. The van der Waals surface area contributed by atoms with Gasteiger partial charge in [0.25, 0.3) is 0 Å². The molecule has 0 bridgehead atoms. The number of aromatic nitrogens is 3. The van der Waals surface area contributed by atoms with E-state index in [0.29, 0.717) is 12.4 Å². The first-order valence-corrected chi connectivity index (χ1v) is 8.98.